The number of hydrogen-bond acceptors (Lipinski definition) is 4. The molecule has 8 heteroatoms. The molecule has 0 radical (unpaired) electrons. The molecule has 1 amide bonds. The summed E-state index contributed by atoms with van der Waals surface area (Å²) in [5.41, 5.74) is -0.736. The molecule has 1 aromatic heterocycles. The first kappa shape index (κ1) is 19.0. The van der Waals surface area contributed by atoms with Crippen molar-refractivity contribution in [2.75, 3.05) is 12.3 Å². The molecule has 1 atom stereocenters. The molecule has 0 spiro atoms. The van der Waals surface area contributed by atoms with Crippen LogP contribution < -0.4 is 0 Å². The Bertz CT molecular complexity index is 572. The zero-order chi connectivity index (χ0) is 17.9. The number of ether oxygens (including phenoxy) is 1. The minimum absolute atomic E-state index is 0.00988. The molecule has 1 unspecified atom stereocenters. The summed E-state index contributed by atoms with van der Waals surface area (Å²) in [7, 11) is 1.63. The van der Waals surface area contributed by atoms with Crippen molar-refractivity contribution in [1.82, 2.24) is 14.7 Å². The van der Waals surface area contributed by atoms with Crippen LogP contribution in [0.5, 0.6) is 0 Å². The predicted octanol–water partition coefficient (Wildman–Crippen LogP) is 4.24. The van der Waals surface area contributed by atoms with Crippen LogP contribution in [0, 0.1) is 0 Å². The van der Waals surface area contributed by atoms with Gasteiger partial charge in [-0.15, -0.1) is 11.8 Å². The summed E-state index contributed by atoms with van der Waals surface area (Å²) in [6, 6.07) is -0.00988. The SMILES string of the molecule is Cn1cc(SCC2CCCCN2C(=O)OC(C)(C)C)c(C(F)F)n1. The summed E-state index contributed by atoms with van der Waals surface area (Å²) >= 11 is 1.33. The van der Waals surface area contributed by atoms with Crippen molar-refractivity contribution in [2.24, 2.45) is 7.05 Å². The number of amides is 1. The number of piperidine rings is 1. The monoisotopic (exact) mass is 361 g/mol. The quantitative estimate of drug-likeness (QED) is 0.753. The van der Waals surface area contributed by atoms with Crippen molar-refractivity contribution in [3.05, 3.63) is 11.9 Å². The van der Waals surface area contributed by atoms with E-state index in [2.05, 4.69) is 5.10 Å². The van der Waals surface area contributed by atoms with Crippen LogP contribution in [0.2, 0.25) is 0 Å². The average Bonchev–Trinajstić information content (AvgIpc) is 2.85. The van der Waals surface area contributed by atoms with Gasteiger partial charge in [0.15, 0.2) is 0 Å². The Hall–Kier alpha value is -1.31. The van der Waals surface area contributed by atoms with E-state index in [9.17, 15) is 13.6 Å². The third kappa shape index (κ3) is 5.09. The molecule has 1 aromatic rings. The predicted molar refractivity (Wildman–Crippen MR) is 89.5 cm³/mol. The summed E-state index contributed by atoms with van der Waals surface area (Å²) in [4.78, 5) is 14.6. The molecule has 136 valence electrons. The standard InChI is InChI=1S/C16H25F2N3O2S/c1-16(2,3)23-15(22)21-8-6-5-7-11(21)10-24-12-9-20(4)19-13(12)14(17)18/h9,11,14H,5-8,10H2,1-4H3. The zero-order valence-electron chi connectivity index (χ0n) is 14.6. The van der Waals surface area contributed by atoms with Gasteiger partial charge in [0.25, 0.3) is 6.43 Å². The van der Waals surface area contributed by atoms with E-state index in [0.717, 1.165) is 19.3 Å². The molecule has 0 N–H and O–H groups in total. The van der Waals surface area contributed by atoms with Gasteiger partial charge in [-0.25, -0.2) is 13.6 Å². The second-order valence-corrected chi connectivity index (χ2v) is 8.05. The van der Waals surface area contributed by atoms with Gasteiger partial charge in [-0.2, -0.15) is 5.10 Å². The van der Waals surface area contributed by atoms with Crippen LogP contribution in [0.3, 0.4) is 0 Å². The Labute approximate surface area is 145 Å². The average molecular weight is 361 g/mol. The van der Waals surface area contributed by atoms with Gasteiger partial charge in [-0.05, 0) is 40.0 Å². The molecule has 5 nitrogen and oxygen atoms in total. The number of rotatable bonds is 4. The molecule has 2 rings (SSSR count). The first-order chi connectivity index (χ1) is 11.2. The van der Waals surface area contributed by atoms with Crippen LogP contribution in [-0.4, -0.2) is 44.7 Å². The Morgan fingerprint density at radius 1 is 1.46 bits per heavy atom. The van der Waals surface area contributed by atoms with Gasteiger partial charge < -0.3 is 9.64 Å². The van der Waals surface area contributed by atoms with Crippen LogP contribution in [0.25, 0.3) is 0 Å². The summed E-state index contributed by atoms with van der Waals surface area (Å²) in [6.45, 7) is 6.16. The van der Waals surface area contributed by atoms with Gasteiger partial charge in [0.1, 0.15) is 11.3 Å². The topological polar surface area (TPSA) is 47.4 Å². The van der Waals surface area contributed by atoms with Crippen molar-refractivity contribution >= 4 is 17.9 Å². The van der Waals surface area contributed by atoms with E-state index in [-0.39, 0.29) is 17.8 Å². The number of thioether (sulfide) groups is 1. The van der Waals surface area contributed by atoms with Crippen LogP contribution in [0.15, 0.2) is 11.1 Å². The molecule has 1 saturated heterocycles. The maximum atomic E-state index is 13.0. The lowest BCUT2D eigenvalue weighted by molar-refractivity contribution is 0.0125. The summed E-state index contributed by atoms with van der Waals surface area (Å²) in [5.74, 6) is 0.560. The van der Waals surface area contributed by atoms with E-state index in [4.69, 9.17) is 4.74 Å². The van der Waals surface area contributed by atoms with E-state index in [1.807, 2.05) is 20.8 Å². The first-order valence-electron chi connectivity index (χ1n) is 8.11. The lowest BCUT2D eigenvalue weighted by atomic mass is 10.0. The van der Waals surface area contributed by atoms with E-state index in [1.165, 1.54) is 16.4 Å². The zero-order valence-corrected chi connectivity index (χ0v) is 15.4. The molecule has 0 aromatic carbocycles. The first-order valence-corrected chi connectivity index (χ1v) is 9.10. The Balaban J connectivity index is 2.02. The van der Waals surface area contributed by atoms with Gasteiger partial charge in [0.05, 0.1) is 4.90 Å². The number of nitrogens with zero attached hydrogens (tertiary/aromatic N) is 3. The molecule has 0 bridgehead atoms. The maximum absolute atomic E-state index is 13.0. The van der Waals surface area contributed by atoms with E-state index in [1.54, 1.807) is 18.1 Å². The molecule has 0 saturated carbocycles. The van der Waals surface area contributed by atoms with Crippen molar-refractivity contribution in [3.63, 3.8) is 0 Å². The summed E-state index contributed by atoms with van der Waals surface area (Å²) < 4.78 is 32.9. The number of likely N-dealkylation sites (tertiary alicyclic amines) is 1. The smallest absolute Gasteiger partial charge is 0.410 e. The van der Waals surface area contributed by atoms with Gasteiger partial charge in [-0.1, -0.05) is 0 Å². The lowest BCUT2D eigenvalue weighted by Crippen LogP contribution is -2.47. The fourth-order valence-corrected chi connectivity index (χ4v) is 3.89. The number of carbonyl (C=O) groups is 1. The van der Waals surface area contributed by atoms with Gasteiger partial charge in [-0.3, -0.25) is 4.68 Å². The highest BCUT2D eigenvalue weighted by molar-refractivity contribution is 7.99. The van der Waals surface area contributed by atoms with Crippen LogP contribution in [0.4, 0.5) is 13.6 Å². The lowest BCUT2D eigenvalue weighted by Gasteiger charge is -2.36. The molecule has 2 heterocycles. The number of carbonyl (C=O) groups excluding carboxylic acids is 1. The second-order valence-electron chi connectivity index (χ2n) is 6.99. The van der Waals surface area contributed by atoms with Crippen molar-refractivity contribution < 1.29 is 18.3 Å². The molecule has 1 aliphatic rings. The van der Waals surface area contributed by atoms with Crippen LogP contribution in [0.1, 0.15) is 52.2 Å². The number of halogens is 2. The molecular formula is C16H25F2N3O2S. The number of aryl methyl sites for hydroxylation is 1. The summed E-state index contributed by atoms with van der Waals surface area (Å²) in [6.07, 6.45) is 1.51. The van der Waals surface area contributed by atoms with E-state index in [0.29, 0.717) is 17.2 Å². The number of aromatic nitrogens is 2. The fraction of sp³-hybridized carbons (Fsp3) is 0.750. The van der Waals surface area contributed by atoms with Gasteiger partial charge >= 0.3 is 6.09 Å². The maximum Gasteiger partial charge on any atom is 0.410 e. The van der Waals surface area contributed by atoms with Crippen molar-refractivity contribution in [3.8, 4) is 0 Å². The third-order valence-electron chi connectivity index (χ3n) is 3.72. The normalized spacial score (nSPS) is 19.0. The largest absolute Gasteiger partial charge is 0.444 e. The number of hydrogen-bond donors (Lipinski definition) is 0. The van der Waals surface area contributed by atoms with Gasteiger partial charge in [0.2, 0.25) is 0 Å². The Morgan fingerprint density at radius 3 is 2.79 bits per heavy atom. The summed E-state index contributed by atoms with van der Waals surface area (Å²) in [5, 5.41) is 3.82. The molecule has 1 aliphatic heterocycles. The molecular weight excluding hydrogens is 336 g/mol. The highest BCUT2D eigenvalue weighted by Gasteiger charge is 2.31. The minimum atomic E-state index is -2.60. The second kappa shape index (κ2) is 7.72. The minimum Gasteiger partial charge on any atom is -0.444 e. The van der Waals surface area contributed by atoms with Crippen LogP contribution in [-0.2, 0) is 11.8 Å². The van der Waals surface area contributed by atoms with Gasteiger partial charge in [0, 0.05) is 31.6 Å². The molecule has 24 heavy (non-hydrogen) atoms. The fourth-order valence-electron chi connectivity index (χ4n) is 2.67. The Kier molecular flexibility index (Phi) is 6.11. The third-order valence-corrected chi connectivity index (χ3v) is 4.89. The highest BCUT2D eigenvalue weighted by atomic mass is 32.2. The van der Waals surface area contributed by atoms with Crippen molar-refractivity contribution in [1.29, 1.82) is 0 Å². The van der Waals surface area contributed by atoms with E-state index < -0.39 is 12.0 Å². The molecule has 1 fully saturated rings. The highest BCUT2D eigenvalue weighted by Crippen LogP contribution is 2.32. The number of alkyl halides is 2. The van der Waals surface area contributed by atoms with Crippen molar-refractivity contribution in [2.45, 2.75) is 63.0 Å². The van der Waals surface area contributed by atoms with Crippen LogP contribution >= 0.6 is 11.8 Å². The Morgan fingerprint density at radius 2 is 2.17 bits per heavy atom. The molecule has 0 aliphatic carbocycles. The van der Waals surface area contributed by atoms with E-state index >= 15 is 0 Å².